The van der Waals surface area contributed by atoms with Gasteiger partial charge >= 0.3 is 5.69 Å². The summed E-state index contributed by atoms with van der Waals surface area (Å²) < 4.78 is 31.4. The minimum atomic E-state index is -4.44. The fourth-order valence-electron chi connectivity index (χ4n) is 2.30. The van der Waals surface area contributed by atoms with Crippen LogP contribution in [0.4, 0.5) is 11.4 Å². The molecule has 122 valence electrons. The lowest BCUT2D eigenvalue weighted by Gasteiger charge is -2.04. The number of fused-ring (bicyclic) bond motifs is 2. The molecule has 1 heterocycles. The molecule has 2 aromatic carbocycles. The third kappa shape index (κ3) is 2.61. The molecule has 0 saturated heterocycles. The molecule has 0 bridgehead atoms. The van der Waals surface area contributed by atoms with Gasteiger partial charge in [0.15, 0.2) is 0 Å². The lowest BCUT2D eigenvalue weighted by atomic mass is 10.1. The van der Waals surface area contributed by atoms with E-state index in [2.05, 4.69) is 4.98 Å². The van der Waals surface area contributed by atoms with Crippen molar-refractivity contribution in [3.05, 3.63) is 56.6 Å². The van der Waals surface area contributed by atoms with Crippen molar-refractivity contribution in [1.29, 1.82) is 0 Å². The summed E-state index contributed by atoms with van der Waals surface area (Å²) in [6, 6.07) is 6.77. The Labute approximate surface area is 133 Å². The molecule has 1 N–H and O–H groups in total. The Hall–Kier alpha value is -3.18. The summed E-state index contributed by atoms with van der Waals surface area (Å²) in [6.07, 6.45) is 0. The number of pyridine rings is 1. The molecule has 0 amide bonds. The van der Waals surface area contributed by atoms with E-state index in [0.29, 0.717) is 0 Å². The lowest BCUT2D eigenvalue weighted by molar-refractivity contribution is -0.393. The number of nitro groups is 2. The van der Waals surface area contributed by atoms with Gasteiger partial charge in [0, 0.05) is 16.8 Å². The second-order valence-electron chi connectivity index (χ2n) is 4.87. The zero-order chi connectivity index (χ0) is 17.6. The van der Waals surface area contributed by atoms with Gasteiger partial charge in [-0.1, -0.05) is 0 Å². The molecule has 0 aliphatic heterocycles. The molecular formula is C13H7N3O7S. The fraction of sp³-hybridized carbons (Fsp3) is 0. The molecule has 3 rings (SSSR count). The molecular weight excluding hydrogens is 342 g/mol. The van der Waals surface area contributed by atoms with Crippen molar-refractivity contribution < 1.29 is 22.8 Å². The molecule has 0 saturated carbocycles. The summed E-state index contributed by atoms with van der Waals surface area (Å²) in [5.74, 6) is 0. The van der Waals surface area contributed by atoms with Crippen molar-refractivity contribution in [3.8, 4) is 0 Å². The van der Waals surface area contributed by atoms with Gasteiger partial charge in [0.2, 0.25) is 0 Å². The minimum absolute atomic E-state index is 0.0577. The highest BCUT2D eigenvalue weighted by Crippen LogP contribution is 2.32. The van der Waals surface area contributed by atoms with Gasteiger partial charge < -0.3 is 0 Å². The second-order valence-corrected chi connectivity index (χ2v) is 6.29. The number of hydrogen-bond acceptors (Lipinski definition) is 7. The van der Waals surface area contributed by atoms with E-state index in [9.17, 15) is 28.6 Å². The van der Waals surface area contributed by atoms with Crippen LogP contribution in [0.5, 0.6) is 0 Å². The Morgan fingerprint density at radius 3 is 2.25 bits per heavy atom. The molecule has 0 aliphatic carbocycles. The van der Waals surface area contributed by atoms with E-state index < -0.39 is 31.3 Å². The minimum Gasteiger partial charge on any atom is -0.282 e. The molecule has 0 aliphatic rings. The average molecular weight is 349 g/mol. The van der Waals surface area contributed by atoms with Gasteiger partial charge in [-0.2, -0.15) is 8.42 Å². The number of hydrogen-bond donors (Lipinski definition) is 1. The molecule has 0 spiro atoms. The number of aromatic nitrogens is 1. The molecule has 1 aromatic heterocycles. The molecule has 0 fully saturated rings. The number of benzene rings is 2. The number of non-ortho nitro benzene ring substituents is 2. The standard InChI is InChI=1S/C13H7N3O7S/c17-15(18)9-4-8-3-7-5-10(24(21,22)23)1-2-11(7)14-13(8)12(6-9)16(19)20/h1-6H,(H,21,22,23). The monoisotopic (exact) mass is 349 g/mol. The number of rotatable bonds is 3. The van der Waals surface area contributed by atoms with Gasteiger partial charge in [-0.05, 0) is 24.3 Å². The van der Waals surface area contributed by atoms with Crippen molar-refractivity contribution in [2.75, 3.05) is 0 Å². The summed E-state index contributed by atoms with van der Waals surface area (Å²) in [6.45, 7) is 0. The zero-order valence-corrected chi connectivity index (χ0v) is 12.4. The first-order valence-electron chi connectivity index (χ1n) is 6.31. The summed E-state index contributed by atoms with van der Waals surface area (Å²) in [7, 11) is -4.44. The van der Waals surface area contributed by atoms with Crippen LogP contribution in [0.25, 0.3) is 21.8 Å². The molecule has 3 aromatic rings. The summed E-state index contributed by atoms with van der Waals surface area (Å²) in [5, 5.41) is 22.4. The maximum absolute atomic E-state index is 11.2. The van der Waals surface area contributed by atoms with E-state index in [1.807, 2.05) is 0 Å². The third-order valence-corrected chi connectivity index (χ3v) is 4.20. The highest BCUT2D eigenvalue weighted by Gasteiger charge is 2.21. The largest absolute Gasteiger partial charge is 0.302 e. The fourth-order valence-corrected chi connectivity index (χ4v) is 2.82. The van der Waals surface area contributed by atoms with Crippen LogP contribution in [0.1, 0.15) is 0 Å². The Morgan fingerprint density at radius 2 is 1.67 bits per heavy atom. The smallest absolute Gasteiger partial charge is 0.282 e. The van der Waals surface area contributed by atoms with Crippen molar-refractivity contribution in [3.63, 3.8) is 0 Å². The molecule has 10 nitrogen and oxygen atoms in total. The van der Waals surface area contributed by atoms with Crippen LogP contribution in [-0.2, 0) is 10.1 Å². The maximum atomic E-state index is 11.2. The van der Waals surface area contributed by atoms with Crippen LogP contribution >= 0.6 is 0 Å². The van der Waals surface area contributed by atoms with E-state index >= 15 is 0 Å². The first kappa shape index (κ1) is 15.7. The van der Waals surface area contributed by atoms with Crippen LogP contribution < -0.4 is 0 Å². The van der Waals surface area contributed by atoms with Crippen molar-refractivity contribution in [2.45, 2.75) is 4.90 Å². The quantitative estimate of drug-likeness (QED) is 0.327. The second kappa shape index (κ2) is 5.18. The summed E-state index contributed by atoms with van der Waals surface area (Å²) in [4.78, 5) is 24.2. The van der Waals surface area contributed by atoms with Crippen molar-refractivity contribution >= 4 is 43.3 Å². The third-order valence-electron chi connectivity index (χ3n) is 3.35. The Balaban J connectivity index is 2.41. The Morgan fingerprint density at radius 1 is 0.958 bits per heavy atom. The van der Waals surface area contributed by atoms with Crippen LogP contribution in [0.3, 0.4) is 0 Å². The van der Waals surface area contributed by atoms with Gasteiger partial charge in [0.1, 0.15) is 5.52 Å². The summed E-state index contributed by atoms with van der Waals surface area (Å²) in [5.41, 5.74) is -0.828. The van der Waals surface area contributed by atoms with Crippen molar-refractivity contribution in [1.82, 2.24) is 4.98 Å². The number of nitro benzene ring substituents is 2. The Kier molecular flexibility index (Phi) is 3.39. The van der Waals surface area contributed by atoms with E-state index in [-0.39, 0.29) is 26.7 Å². The van der Waals surface area contributed by atoms with Gasteiger partial charge in [-0.15, -0.1) is 0 Å². The van der Waals surface area contributed by atoms with Crippen LogP contribution in [0.15, 0.2) is 41.3 Å². The molecule has 24 heavy (non-hydrogen) atoms. The highest BCUT2D eigenvalue weighted by molar-refractivity contribution is 7.85. The zero-order valence-electron chi connectivity index (χ0n) is 11.6. The van der Waals surface area contributed by atoms with Gasteiger partial charge in [0.25, 0.3) is 15.8 Å². The first-order chi connectivity index (χ1) is 11.2. The normalized spacial score (nSPS) is 11.7. The van der Waals surface area contributed by atoms with Gasteiger partial charge in [0.05, 0.1) is 26.3 Å². The maximum Gasteiger partial charge on any atom is 0.302 e. The molecule has 0 atom stereocenters. The molecule has 0 radical (unpaired) electrons. The van der Waals surface area contributed by atoms with E-state index in [0.717, 1.165) is 24.3 Å². The molecule has 0 unspecified atom stereocenters. The van der Waals surface area contributed by atoms with Gasteiger partial charge in [-0.25, -0.2) is 4.98 Å². The first-order valence-corrected chi connectivity index (χ1v) is 7.75. The lowest BCUT2D eigenvalue weighted by Crippen LogP contribution is -1.99. The predicted octanol–water partition coefficient (Wildman–Crippen LogP) is 2.45. The van der Waals surface area contributed by atoms with Gasteiger partial charge in [-0.3, -0.25) is 24.8 Å². The predicted molar refractivity (Wildman–Crippen MR) is 82.4 cm³/mol. The Bertz CT molecular complexity index is 1140. The van der Waals surface area contributed by atoms with Crippen LogP contribution in [0, 0.1) is 20.2 Å². The highest BCUT2D eigenvalue weighted by atomic mass is 32.2. The average Bonchev–Trinajstić information content (AvgIpc) is 2.50. The number of nitrogens with zero attached hydrogens (tertiary/aromatic N) is 3. The van der Waals surface area contributed by atoms with Crippen molar-refractivity contribution in [2.24, 2.45) is 0 Å². The van der Waals surface area contributed by atoms with E-state index in [1.165, 1.54) is 12.1 Å². The topological polar surface area (TPSA) is 154 Å². The molecule has 11 heteroatoms. The summed E-state index contributed by atoms with van der Waals surface area (Å²) >= 11 is 0. The van der Waals surface area contributed by atoms with E-state index in [1.54, 1.807) is 0 Å². The van der Waals surface area contributed by atoms with Crippen LogP contribution in [0.2, 0.25) is 0 Å². The van der Waals surface area contributed by atoms with E-state index in [4.69, 9.17) is 4.55 Å². The van der Waals surface area contributed by atoms with Crippen LogP contribution in [-0.4, -0.2) is 27.8 Å². The SMILES string of the molecule is O=[N+]([O-])c1cc([N+](=O)[O-])c2nc3ccc(S(=O)(=O)O)cc3cc2c1.